The van der Waals surface area contributed by atoms with E-state index in [2.05, 4.69) is 31.8 Å². The van der Waals surface area contributed by atoms with Gasteiger partial charge in [0.05, 0.1) is 30.6 Å². The molecule has 1 fully saturated rings. The van der Waals surface area contributed by atoms with Crippen LogP contribution in [0.3, 0.4) is 0 Å². The molecular weight excluding hydrogens is 450 g/mol. The molecule has 4 aromatic rings. The molecule has 4 heterocycles. The summed E-state index contributed by atoms with van der Waals surface area (Å²) >= 11 is 1.69. The summed E-state index contributed by atoms with van der Waals surface area (Å²) in [6, 6.07) is 11.8. The smallest absolute Gasteiger partial charge is 0.227 e. The maximum Gasteiger partial charge on any atom is 0.227 e. The van der Waals surface area contributed by atoms with Crippen molar-refractivity contribution in [1.29, 1.82) is 0 Å². The summed E-state index contributed by atoms with van der Waals surface area (Å²) in [5.74, 6) is 0.229. The molecule has 3 aromatic heterocycles. The Hall–Kier alpha value is -3.79. The highest BCUT2D eigenvalue weighted by atomic mass is 32.1. The first-order valence-electron chi connectivity index (χ1n) is 11.2. The molecule has 1 atom stereocenters. The average Bonchev–Trinajstić information content (AvgIpc) is 3.59. The molecule has 1 aliphatic rings. The van der Waals surface area contributed by atoms with Crippen LogP contribution in [0.15, 0.2) is 54.3 Å². The highest BCUT2D eigenvalue weighted by Crippen LogP contribution is 2.27. The molecule has 0 saturated carbocycles. The average molecular weight is 476 g/mol. The van der Waals surface area contributed by atoms with Crippen molar-refractivity contribution in [3.63, 3.8) is 0 Å². The van der Waals surface area contributed by atoms with Crippen molar-refractivity contribution in [1.82, 2.24) is 25.1 Å². The monoisotopic (exact) mass is 475 g/mol. The number of aromatic nitrogens is 4. The SMILES string of the molecule is Cc1ccccc1N1CC(C(=O)NCCn2ncc3c(NCc4cccs4)ncnc32)CC1=O. The Kier molecular flexibility index (Phi) is 6.22. The molecule has 0 radical (unpaired) electrons. The summed E-state index contributed by atoms with van der Waals surface area (Å²) in [4.78, 5) is 36.9. The minimum atomic E-state index is -0.364. The zero-order valence-corrected chi connectivity index (χ0v) is 19.6. The molecule has 2 amide bonds. The van der Waals surface area contributed by atoms with Crippen LogP contribution in [0.2, 0.25) is 0 Å². The number of benzene rings is 1. The van der Waals surface area contributed by atoms with Gasteiger partial charge in [-0.1, -0.05) is 24.3 Å². The van der Waals surface area contributed by atoms with Gasteiger partial charge >= 0.3 is 0 Å². The fourth-order valence-corrected chi connectivity index (χ4v) is 4.84. The number of amides is 2. The summed E-state index contributed by atoms with van der Waals surface area (Å²) in [6.45, 7) is 3.92. The summed E-state index contributed by atoms with van der Waals surface area (Å²) < 4.78 is 1.76. The number of fused-ring (bicyclic) bond motifs is 1. The van der Waals surface area contributed by atoms with Gasteiger partial charge in [-0.15, -0.1) is 11.3 Å². The number of nitrogens with one attached hydrogen (secondary N) is 2. The third kappa shape index (κ3) is 4.49. The zero-order chi connectivity index (χ0) is 23.5. The first-order chi connectivity index (χ1) is 16.6. The van der Waals surface area contributed by atoms with Gasteiger partial charge in [0.15, 0.2) is 5.65 Å². The number of para-hydroxylation sites is 1. The first kappa shape index (κ1) is 22.0. The third-order valence-corrected chi connectivity index (χ3v) is 6.85. The van der Waals surface area contributed by atoms with Gasteiger partial charge in [-0.05, 0) is 30.0 Å². The third-order valence-electron chi connectivity index (χ3n) is 5.97. The molecule has 9 nitrogen and oxygen atoms in total. The number of carbonyl (C=O) groups is 2. The van der Waals surface area contributed by atoms with Crippen LogP contribution in [-0.2, 0) is 22.7 Å². The molecule has 10 heteroatoms. The second-order valence-electron chi connectivity index (χ2n) is 8.24. The number of hydrogen-bond acceptors (Lipinski definition) is 7. The zero-order valence-electron chi connectivity index (χ0n) is 18.8. The van der Waals surface area contributed by atoms with Crippen LogP contribution < -0.4 is 15.5 Å². The minimum Gasteiger partial charge on any atom is -0.364 e. The van der Waals surface area contributed by atoms with E-state index in [4.69, 9.17) is 0 Å². The predicted molar refractivity (Wildman–Crippen MR) is 132 cm³/mol. The largest absolute Gasteiger partial charge is 0.364 e. The standard InChI is InChI=1S/C24H25N7O2S/c1-16-5-2-3-7-20(16)30-14-17(11-21(30)32)24(33)25-8-9-31-23-19(13-29-31)22(27-15-28-23)26-12-18-6-4-10-34-18/h2-7,10,13,15,17H,8-9,11-12,14H2,1H3,(H,25,33)(H,26,27,28). The van der Waals surface area contributed by atoms with E-state index in [0.717, 1.165) is 22.5 Å². The van der Waals surface area contributed by atoms with E-state index in [1.807, 2.05) is 42.6 Å². The van der Waals surface area contributed by atoms with Crippen molar-refractivity contribution < 1.29 is 9.59 Å². The topological polar surface area (TPSA) is 105 Å². The lowest BCUT2D eigenvalue weighted by atomic mass is 10.1. The number of carbonyl (C=O) groups excluding carboxylic acids is 2. The van der Waals surface area contributed by atoms with Gasteiger partial charge in [-0.3, -0.25) is 9.59 Å². The fourth-order valence-electron chi connectivity index (χ4n) is 4.19. The second kappa shape index (κ2) is 9.60. The van der Waals surface area contributed by atoms with Crippen LogP contribution in [0.4, 0.5) is 11.5 Å². The first-order valence-corrected chi connectivity index (χ1v) is 12.0. The van der Waals surface area contributed by atoms with Crippen molar-refractivity contribution in [2.45, 2.75) is 26.4 Å². The Balaban J connectivity index is 1.18. The summed E-state index contributed by atoms with van der Waals surface area (Å²) in [7, 11) is 0. The van der Waals surface area contributed by atoms with Crippen LogP contribution in [0.1, 0.15) is 16.9 Å². The Labute approximate surface area is 200 Å². The van der Waals surface area contributed by atoms with E-state index in [-0.39, 0.29) is 24.2 Å². The Morgan fingerprint density at radius 2 is 2.09 bits per heavy atom. The Bertz CT molecular complexity index is 1320. The number of rotatable bonds is 8. The molecule has 0 spiro atoms. The molecular formula is C24H25N7O2S. The van der Waals surface area contributed by atoms with E-state index in [1.54, 1.807) is 27.1 Å². The highest BCUT2D eigenvalue weighted by molar-refractivity contribution is 7.09. The molecule has 5 rings (SSSR count). The lowest BCUT2D eigenvalue weighted by molar-refractivity contribution is -0.126. The fraction of sp³-hybridized carbons (Fsp3) is 0.292. The molecule has 34 heavy (non-hydrogen) atoms. The van der Waals surface area contributed by atoms with Gasteiger partial charge in [0.25, 0.3) is 0 Å². The maximum atomic E-state index is 12.7. The molecule has 1 aromatic carbocycles. The number of hydrogen-bond donors (Lipinski definition) is 2. The van der Waals surface area contributed by atoms with Crippen LogP contribution in [-0.4, -0.2) is 44.7 Å². The van der Waals surface area contributed by atoms with Gasteiger partial charge in [0.1, 0.15) is 12.1 Å². The Morgan fingerprint density at radius 1 is 1.21 bits per heavy atom. The molecule has 0 bridgehead atoms. The highest BCUT2D eigenvalue weighted by Gasteiger charge is 2.35. The number of thiophene rings is 1. The van der Waals surface area contributed by atoms with Crippen molar-refractivity contribution in [2.75, 3.05) is 23.3 Å². The normalized spacial score (nSPS) is 15.7. The van der Waals surface area contributed by atoms with E-state index in [9.17, 15) is 9.59 Å². The Morgan fingerprint density at radius 3 is 2.91 bits per heavy atom. The van der Waals surface area contributed by atoms with Crippen molar-refractivity contribution in [2.24, 2.45) is 5.92 Å². The van der Waals surface area contributed by atoms with E-state index < -0.39 is 0 Å². The van der Waals surface area contributed by atoms with Crippen molar-refractivity contribution in [3.8, 4) is 0 Å². The predicted octanol–water partition coefficient (Wildman–Crippen LogP) is 2.98. The second-order valence-corrected chi connectivity index (χ2v) is 9.28. The van der Waals surface area contributed by atoms with Crippen molar-refractivity contribution in [3.05, 3.63) is 64.7 Å². The molecule has 174 valence electrons. The summed E-state index contributed by atoms with van der Waals surface area (Å²) in [6.07, 6.45) is 3.47. The number of aryl methyl sites for hydroxylation is 1. The quantitative estimate of drug-likeness (QED) is 0.406. The van der Waals surface area contributed by atoms with Crippen LogP contribution in [0, 0.1) is 12.8 Å². The molecule has 1 saturated heterocycles. The molecule has 0 aliphatic carbocycles. The van der Waals surface area contributed by atoms with Crippen LogP contribution in [0.5, 0.6) is 0 Å². The number of nitrogens with zero attached hydrogens (tertiary/aromatic N) is 5. The summed E-state index contributed by atoms with van der Waals surface area (Å²) in [5.41, 5.74) is 2.60. The minimum absolute atomic E-state index is 0.0215. The van der Waals surface area contributed by atoms with Crippen LogP contribution >= 0.6 is 11.3 Å². The van der Waals surface area contributed by atoms with E-state index in [0.29, 0.717) is 31.8 Å². The maximum absolute atomic E-state index is 12.7. The molecule has 1 aliphatic heterocycles. The van der Waals surface area contributed by atoms with Gasteiger partial charge in [-0.25, -0.2) is 14.6 Å². The van der Waals surface area contributed by atoms with Gasteiger partial charge < -0.3 is 15.5 Å². The lowest BCUT2D eigenvalue weighted by Crippen LogP contribution is -2.35. The van der Waals surface area contributed by atoms with Crippen LogP contribution in [0.25, 0.3) is 11.0 Å². The van der Waals surface area contributed by atoms with E-state index >= 15 is 0 Å². The molecule has 2 N–H and O–H groups in total. The number of anilines is 2. The van der Waals surface area contributed by atoms with Crippen molar-refractivity contribution >= 4 is 45.7 Å². The summed E-state index contributed by atoms with van der Waals surface area (Å²) in [5, 5.41) is 13.6. The van der Waals surface area contributed by atoms with Gasteiger partial charge in [0.2, 0.25) is 11.8 Å². The lowest BCUT2D eigenvalue weighted by Gasteiger charge is -2.19. The van der Waals surface area contributed by atoms with Gasteiger partial charge in [0, 0.05) is 30.1 Å². The van der Waals surface area contributed by atoms with E-state index in [1.165, 1.54) is 11.2 Å². The molecule has 1 unspecified atom stereocenters. The van der Waals surface area contributed by atoms with Gasteiger partial charge in [-0.2, -0.15) is 5.10 Å².